The van der Waals surface area contributed by atoms with Gasteiger partial charge in [0.25, 0.3) is 0 Å². The molecule has 0 spiro atoms. The van der Waals surface area contributed by atoms with Crippen LogP contribution in [-0.2, 0) is 9.53 Å². The SMILES string of the molecule is CCOC(=O)C(N)CSC(C)CCO. The van der Waals surface area contributed by atoms with E-state index in [0.717, 1.165) is 6.42 Å². The van der Waals surface area contributed by atoms with E-state index in [2.05, 4.69) is 0 Å². The summed E-state index contributed by atoms with van der Waals surface area (Å²) in [6, 6.07) is -0.555. The van der Waals surface area contributed by atoms with E-state index >= 15 is 0 Å². The molecule has 0 aromatic carbocycles. The second-order valence-corrected chi connectivity index (χ2v) is 4.49. The van der Waals surface area contributed by atoms with E-state index in [1.807, 2.05) is 6.92 Å². The van der Waals surface area contributed by atoms with Crippen molar-refractivity contribution < 1.29 is 14.6 Å². The van der Waals surface area contributed by atoms with E-state index in [9.17, 15) is 4.79 Å². The highest BCUT2D eigenvalue weighted by Crippen LogP contribution is 2.14. The van der Waals surface area contributed by atoms with Crippen molar-refractivity contribution in [2.24, 2.45) is 5.73 Å². The fraction of sp³-hybridized carbons (Fsp3) is 0.889. The van der Waals surface area contributed by atoms with Crippen LogP contribution < -0.4 is 5.73 Å². The summed E-state index contributed by atoms with van der Waals surface area (Å²) in [6.07, 6.45) is 0.722. The lowest BCUT2D eigenvalue weighted by Gasteiger charge is -2.13. The molecule has 0 fully saturated rings. The average molecular weight is 221 g/mol. The van der Waals surface area contributed by atoms with Crippen LogP contribution in [0, 0.1) is 0 Å². The lowest BCUT2D eigenvalue weighted by Crippen LogP contribution is -2.35. The van der Waals surface area contributed by atoms with Crippen LogP contribution in [-0.4, -0.2) is 41.3 Å². The lowest BCUT2D eigenvalue weighted by atomic mass is 10.3. The molecule has 0 amide bonds. The van der Waals surface area contributed by atoms with Gasteiger partial charge in [-0.3, -0.25) is 4.79 Å². The second kappa shape index (κ2) is 8.08. The maximum atomic E-state index is 11.1. The molecule has 14 heavy (non-hydrogen) atoms. The van der Waals surface area contributed by atoms with Gasteiger partial charge in [0.1, 0.15) is 6.04 Å². The molecule has 2 unspecified atom stereocenters. The van der Waals surface area contributed by atoms with Crippen LogP contribution in [0.1, 0.15) is 20.3 Å². The molecular formula is C9H19NO3S. The van der Waals surface area contributed by atoms with Gasteiger partial charge in [0, 0.05) is 17.6 Å². The molecule has 2 atom stereocenters. The van der Waals surface area contributed by atoms with Crippen molar-refractivity contribution in [1.29, 1.82) is 0 Å². The summed E-state index contributed by atoms with van der Waals surface area (Å²) in [7, 11) is 0. The van der Waals surface area contributed by atoms with E-state index in [1.54, 1.807) is 18.7 Å². The van der Waals surface area contributed by atoms with Crippen LogP contribution in [0.4, 0.5) is 0 Å². The number of hydrogen-bond acceptors (Lipinski definition) is 5. The molecule has 0 aliphatic carbocycles. The van der Waals surface area contributed by atoms with Crippen molar-refractivity contribution in [3.05, 3.63) is 0 Å². The maximum absolute atomic E-state index is 11.1. The van der Waals surface area contributed by atoms with Gasteiger partial charge < -0.3 is 15.6 Å². The minimum atomic E-state index is -0.555. The van der Waals surface area contributed by atoms with Crippen molar-refractivity contribution in [3.63, 3.8) is 0 Å². The Morgan fingerprint density at radius 3 is 2.79 bits per heavy atom. The average Bonchev–Trinajstić information content (AvgIpc) is 2.15. The van der Waals surface area contributed by atoms with Gasteiger partial charge in [-0.2, -0.15) is 11.8 Å². The first-order valence-corrected chi connectivity index (χ1v) is 5.81. The summed E-state index contributed by atoms with van der Waals surface area (Å²) in [5, 5.41) is 8.98. The molecule has 0 aromatic rings. The van der Waals surface area contributed by atoms with Gasteiger partial charge in [-0.15, -0.1) is 0 Å². The molecule has 0 rings (SSSR count). The van der Waals surface area contributed by atoms with Crippen molar-refractivity contribution >= 4 is 17.7 Å². The topological polar surface area (TPSA) is 72.5 Å². The number of thioether (sulfide) groups is 1. The predicted molar refractivity (Wildman–Crippen MR) is 58.2 cm³/mol. The first kappa shape index (κ1) is 13.7. The molecule has 0 aliphatic rings. The quantitative estimate of drug-likeness (QED) is 0.608. The van der Waals surface area contributed by atoms with Crippen LogP contribution in [0.5, 0.6) is 0 Å². The van der Waals surface area contributed by atoms with Gasteiger partial charge in [0.2, 0.25) is 0 Å². The molecule has 0 saturated carbocycles. The Bertz CT molecular complexity index is 166. The molecule has 0 heterocycles. The number of hydrogen-bond donors (Lipinski definition) is 2. The number of carbonyl (C=O) groups is 1. The Morgan fingerprint density at radius 2 is 2.29 bits per heavy atom. The van der Waals surface area contributed by atoms with Crippen LogP contribution in [0.2, 0.25) is 0 Å². The summed E-state index contributed by atoms with van der Waals surface area (Å²) in [6.45, 7) is 4.29. The summed E-state index contributed by atoms with van der Waals surface area (Å²) in [5.41, 5.74) is 5.59. The van der Waals surface area contributed by atoms with Gasteiger partial charge >= 0.3 is 5.97 Å². The minimum Gasteiger partial charge on any atom is -0.465 e. The van der Waals surface area contributed by atoms with E-state index in [4.69, 9.17) is 15.6 Å². The first-order valence-electron chi connectivity index (χ1n) is 4.76. The number of aliphatic hydroxyl groups is 1. The fourth-order valence-corrected chi connectivity index (χ4v) is 1.79. The van der Waals surface area contributed by atoms with Gasteiger partial charge in [-0.1, -0.05) is 6.92 Å². The smallest absolute Gasteiger partial charge is 0.323 e. The molecule has 0 aliphatic heterocycles. The Hall–Kier alpha value is -0.260. The number of rotatable bonds is 7. The van der Waals surface area contributed by atoms with Crippen molar-refractivity contribution in [2.45, 2.75) is 31.6 Å². The molecule has 0 saturated heterocycles. The zero-order valence-electron chi connectivity index (χ0n) is 8.73. The highest BCUT2D eigenvalue weighted by molar-refractivity contribution is 7.99. The Morgan fingerprint density at radius 1 is 1.64 bits per heavy atom. The Kier molecular flexibility index (Phi) is 7.93. The maximum Gasteiger partial charge on any atom is 0.323 e. The highest BCUT2D eigenvalue weighted by atomic mass is 32.2. The molecule has 0 radical (unpaired) electrons. The van der Waals surface area contributed by atoms with E-state index in [1.165, 1.54) is 0 Å². The molecular weight excluding hydrogens is 202 g/mol. The van der Waals surface area contributed by atoms with E-state index in [0.29, 0.717) is 17.6 Å². The summed E-state index contributed by atoms with van der Waals surface area (Å²) < 4.78 is 4.77. The molecule has 5 heteroatoms. The van der Waals surface area contributed by atoms with Crippen molar-refractivity contribution in [3.8, 4) is 0 Å². The molecule has 0 aromatic heterocycles. The highest BCUT2D eigenvalue weighted by Gasteiger charge is 2.15. The summed E-state index contributed by atoms with van der Waals surface area (Å²) >= 11 is 1.58. The molecule has 4 nitrogen and oxygen atoms in total. The van der Waals surface area contributed by atoms with E-state index < -0.39 is 6.04 Å². The van der Waals surface area contributed by atoms with Crippen LogP contribution in [0.25, 0.3) is 0 Å². The number of esters is 1. The van der Waals surface area contributed by atoms with Crippen molar-refractivity contribution in [2.75, 3.05) is 19.0 Å². The zero-order chi connectivity index (χ0) is 11.0. The third-order valence-corrected chi connectivity index (χ3v) is 3.04. The number of carbonyl (C=O) groups excluding carboxylic acids is 1. The van der Waals surface area contributed by atoms with Gasteiger partial charge in [0.05, 0.1) is 6.61 Å². The Balaban J connectivity index is 3.61. The molecule has 84 valence electrons. The second-order valence-electron chi connectivity index (χ2n) is 3.01. The summed E-state index contributed by atoms with van der Waals surface area (Å²) in [5.74, 6) is 0.191. The monoisotopic (exact) mass is 221 g/mol. The number of aliphatic hydroxyl groups excluding tert-OH is 1. The number of ether oxygens (including phenoxy) is 1. The number of nitrogens with two attached hydrogens (primary N) is 1. The van der Waals surface area contributed by atoms with Crippen LogP contribution in [0.15, 0.2) is 0 Å². The lowest BCUT2D eigenvalue weighted by molar-refractivity contribution is -0.144. The first-order chi connectivity index (χ1) is 6.61. The van der Waals surface area contributed by atoms with Gasteiger partial charge in [0.15, 0.2) is 0 Å². The van der Waals surface area contributed by atoms with Crippen LogP contribution >= 0.6 is 11.8 Å². The third-order valence-electron chi connectivity index (χ3n) is 1.69. The molecule has 3 N–H and O–H groups in total. The zero-order valence-corrected chi connectivity index (χ0v) is 9.55. The minimum absolute atomic E-state index is 0.169. The largest absolute Gasteiger partial charge is 0.465 e. The normalized spacial score (nSPS) is 14.9. The van der Waals surface area contributed by atoms with E-state index in [-0.39, 0.29) is 12.6 Å². The Labute approximate surface area is 89.2 Å². The standard InChI is InChI=1S/C9H19NO3S/c1-3-13-9(12)8(10)6-14-7(2)4-5-11/h7-8,11H,3-6,10H2,1-2H3. The summed E-state index contributed by atoms with van der Waals surface area (Å²) in [4.78, 5) is 11.1. The van der Waals surface area contributed by atoms with Crippen LogP contribution in [0.3, 0.4) is 0 Å². The van der Waals surface area contributed by atoms with Crippen molar-refractivity contribution in [1.82, 2.24) is 0 Å². The predicted octanol–water partition coefficient (Wildman–Crippen LogP) is 0.381. The van der Waals surface area contributed by atoms with Gasteiger partial charge in [-0.05, 0) is 13.3 Å². The van der Waals surface area contributed by atoms with Gasteiger partial charge in [-0.25, -0.2) is 0 Å². The third kappa shape index (κ3) is 6.23. The fourth-order valence-electron chi connectivity index (χ4n) is 0.850. The molecule has 0 bridgehead atoms.